The fraction of sp³-hybridized carbons (Fsp3) is 0.281. The van der Waals surface area contributed by atoms with E-state index < -0.39 is 5.97 Å². The van der Waals surface area contributed by atoms with Crippen LogP contribution < -0.4 is 14.4 Å². The molecule has 1 fully saturated rings. The van der Waals surface area contributed by atoms with Gasteiger partial charge in [0.15, 0.2) is 0 Å². The first-order valence-electron chi connectivity index (χ1n) is 13.2. The first kappa shape index (κ1) is 26.2. The number of ether oxygens (including phenoxy) is 2. The first-order chi connectivity index (χ1) is 18.9. The number of methoxy groups -OCH3 is 1. The van der Waals surface area contributed by atoms with Crippen molar-refractivity contribution >= 4 is 11.9 Å². The number of piperidine rings is 1. The molecule has 5 rings (SSSR count). The molecule has 4 aromatic rings. The van der Waals surface area contributed by atoms with E-state index in [1.54, 1.807) is 13.3 Å². The number of carbonyl (C=O) groups is 1. The molecule has 3 aromatic carbocycles. The summed E-state index contributed by atoms with van der Waals surface area (Å²) in [4.78, 5) is 22.6. The van der Waals surface area contributed by atoms with Crippen LogP contribution in [0.15, 0.2) is 72.9 Å². The Bertz CT molecular complexity index is 1480. The Morgan fingerprint density at radius 1 is 0.974 bits per heavy atom. The minimum Gasteiger partial charge on any atom is -0.497 e. The Labute approximate surface area is 229 Å². The van der Waals surface area contributed by atoms with Crippen LogP contribution in [0.4, 0.5) is 5.95 Å². The standard InChI is InChI=1S/C32H33N3O4/c1-21-18-24(27-11-10-26(38-3)19-22(27)2)8-9-25(21)20-39-30-7-5-4-6-28(30)29-12-15-33-32(34-29)35-16-13-23(14-17-35)31(36)37/h4-12,15,18-19,23H,13-14,16-17,20H2,1-3H3,(H,36,37). The number of benzene rings is 3. The molecular weight excluding hydrogens is 490 g/mol. The number of para-hydroxylation sites is 1. The van der Waals surface area contributed by atoms with E-state index >= 15 is 0 Å². The Kier molecular flexibility index (Phi) is 7.77. The van der Waals surface area contributed by atoms with Gasteiger partial charge in [0.1, 0.15) is 18.1 Å². The van der Waals surface area contributed by atoms with Gasteiger partial charge in [0.05, 0.1) is 18.7 Å². The third kappa shape index (κ3) is 5.87. The number of aryl methyl sites for hydroxylation is 2. The van der Waals surface area contributed by atoms with Gasteiger partial charge in [-0.05, 0) is 84.8 Å². The summed E-state index contributed by atoms with van der Waals surface area (Å²) in [5, 5.41) is 9.29. The van der Waals surface area contributed by atoms with Crippen molar-refractivity contribution in [3.8, 4) is 33.9 Å². The zero-order valence-electron chi connectivity index (χ0n) is 22.6. The SMILES string of the molecule is COc1ccc(-c2ccc(COc3ccccc3-c3ccnc(N4CCC(C(=O)O)CC4)n3)c(C)c2)c(C)c1. The van der Waals surface area contributed by atoms with E-state index in [4.69, 9.17) is 14.5 Å². The fourth-order valence-corrected chi connectivity index (χ4v) is 5.05. The Hall–Kier alpha value is -4.39. The van der Waals surface area contributed by atoms with Crippen LogP contribution in [0.3, 0.4) is 0 Å². The lowest BCUT2D eigenvalue weighted by molar-refractivity contribution is -0.142. The predicted molar refractivity (Wildman–Crippen MR) is 152 cm³/mol. The highest BCUT2D eigenvalue weighted by molar-refractivity contribution is 5.71. The summed E-state index contributed by atoms with van der Waals surface area (Å²) in [6.45, 7) is 5.90. The number of carboxylic acids is 1. The minimum atomic E-state index is -0.726. The van der Waals surface area contributed by atoms with Crippen molar-refractivity contribution in [2.75, 3.05) is 25.1 Å². The summed E-state index contributed by atoms with van der Waals surface area (Å²) in [7, 11) is 1.68. The molecule has 0 aliphatic carbocycles. The highest BCUT2D eigenvalue weighted by atomic mass is 16.5. The van der Waals surface area contributed by atoms with Gasteiger partial charge in [-0.2, -0.15) is 0 Å². The van der Waals surface area contributed by atoms with Crippen molar-refractivity contribution in [3.63, 3.8) is 0 Å². The zero-order chi connectivity index (χ0) is 27.4. The summed E-state index contributed by atoms with van der Waals surface area (Å²) in [6.07, 6.45) is 2.94. The van der Waals surface area contributed by atoms with Gasteiger partial charge in [-0.1, -0.05) is 36.4 Å². The molecule has 2 heterocycles. The Morgan fingerprint density at radius 2 is 1.77 bits per heavy atom. The predicted octanol–water partition coefficient (Wildman–Crippen LogP) is 6.32. The van der Waals surface area contributed by atoms with Gasteiger partial charge in [0.2, 0.25) is 5.95 Å². The topological polar surface area (TPSA) is 84.8 Å². The lowest BCUT2D eigenvalue weighted by atomic mass is 9.97. The monoisotopic (exact) mass is 523 g/mol. The number of carboxylic acid groups (broad SMARTS) is 1. The molecule has 1 aromatic heterocycles. The van der Waals surface area contributed by atoms with Crippen LogP contribution in [0.2, 0.25) is 0 Å². The first-order valence-corrected chi connectivity index (χ1v) is 13.2. The van der Waals surface area contributed by atoms with Crippen molar-refractivity contribution in [2.45, 2.75) is 33.3 Å². The molecule has 0 unspecified atom stereocenters. The normalized spacial score (nSPS) is 13.8. The van der Waals surface area contributed by atoms with Gasteiger partial charge in [-0.25, -0.2) is 9.97 Å². The molecule has 1 aliphatic rings. The number of nitrogens with zero attached hydrogens (tertiary/aromatic N) is 3. The van der Waals surface area contributed by atoms with Crippen LogP contribution in [0, 0.1) is 19.8 Å². The fourth-order valence-electron chi connectivity index (χ4n) is 5.05. The number of aliphatic carboxylic acids is 1. The van der Waals surface area contributed by atoms with Gasteiger partial charge in [-0.3, -0.25) is 4.79 Å². The van der Waals surface area contributed by atoms with Crippen LogP contribution in [-0.2, 0) is 11.4 Å². The minimum absolute atomic E-state index is 0.295. The van der Waals surface area contributed by atoms with E-state index in [0.29, 0.717) is 38.5 Å². The maximum Gasteiger partial charge on any atom is 0.306 e. The van der Waals surface area contributed by atoms with E-state index in [1.165, 1.54) is 11.1 Å². The van der Waals surface area contributed by atoms with Crippen molar-refractivity contribution in [1.29, 1.82) is 0 Å². The Morgan fingerprint density at radius 3 is 2.49 bits per heavy atom. The van der Waals surface area contributed by atoms with Crippen LogP contribution in [0.5, 0.6) is 11.5 Å². The van der Waals surface area contributed by atoms with Gasteiger partial charge in [-0.15, -0.1) is 0 Å². The summed E-state index contributed by atoms with van der Waals surface area (Å²) in [6, 6.07) is 22.4. The second-order valence-electron chi connectivity index (χ2n) is 9.95. The average Bonchev–Trinajstić information content (AvgIpc) is 2.96. The Balaban J connectivity index is 1.31. The molecule has 1 saturated heterocycles. The van der Waals surface area contributed by atoms with E-state index in [-0.39, 0.29) is 5.92 Å². The smallest absolute Gasteiger partial charge is 0.306 e. The van der Waals surface area contributed by atoms with Crippen molar-refractivity contribution in [3.05, 3.63) is 89.6 Å². The lowest BCUT2D eigenvalue weighted by Crippen LogP contribution is -2.37. The molecule has 0 saturated carbocycles. The molecule has 7 nitrogen and oxygen atoms in total. The molecule has 200 valence electrons. The van der Waals surface area contributed by atoms with E-state index in [1.807, 2.05) is 36.4 Å². The number of hydrogen-bond acceptors (Lipinski definition) is 6. The third-order valence-electron chi connectivity index (χ3n) is 7.40. The summed E-state index contributed by atoms with van der Waals surface area (Å²) < 4.78 is 11.7. The van der Waals surface area contributed by atoms with Gasteiger partial charge < -0.3 is 19.5 Å². The molecule has 0 spiro atoms. The molecule has 7 heteroatoms. The largest absolute Gasteiger partial charge is 0.497 e. The summed E-state index contributed by atoms with van der Waals surface area (Å²) >= 11 is 0. The third-order valence-corrected chi connectivity index (χ3v) is 7.40. The summed E-state index contributed by atoms with van der Waals surface area (Å²) in [5.41, 5.74) is 7.46. The van der Waals surface area contributed by atoms with Crippen molar-refractivity contribution < 1.29 is 19.4 Å². The van der Waals surface area contributed by atoms with E-state index in [0.717, 1.165) is 39.4 Å². The molecule has 1 N–H and O–H groups in total. The highest BCUT2D eigenvalue weighted by Gasteiger charge is 2.26. The van der Waals surface area contributed by atoms with Crippen LogP contribution >= 0.6 is 0 Å². The van der Waals surface area contributed by atoms with Crippen LogP contribution in [0.1, 0.15) is 29.5 Å². The van der Waals surface area contributed by atoms with Gasteiger partial charge >= 0.3 is 5.97 Å². The van der Waals surface area contributed by atoms with Gasteiger partial charge in [0.25, 0.3) is 0 Å². The second-order valence-corrected chi connectivity index (χ2v) is 9.95. The maximum atomic E-state index is 11.3. The number of rotatable bonds is 8. The molecular formula is C32H33N3O4. The molecule has 1 aliphatic heterocycles. The molecule has 0 amide bonds. The van der Waals surface area contributed by atoms with Crippen LogP contribution in [0.25, 0.3) is 22.4 Å². The maximum absolute atomic E-state index is 11.3. The second kappa shape index (κ2) is 11.6. The van der Waals surface area contributed by atoms with E-state index in [2.05, 4.69) is 54.1 Å². The molecule has 39 heavy (non-hydrogen) atoms. The van der Waals surface area contributed by atoms with E-state index in [9.17, 15) is 9.90 Å². The van der Waals surface area contributed by atoms with Crippen LogP contribution in [-0.4, -0.2) is 41.2 Å². The lowest BCUT2D eigenvalue weighted by Gasteiger charge is -2.30. The zero-order valence-corrected chi connectivity index (χ0v) is 22.6. The number of aromatic nitrogens is 2. The van der Waals surface area contributed by atoms with Gasteiger partial charge in [0, 0.05) is 24.8 Å². The number of anilines is 1. The quantitative estimate of drug-likeness (QED) is 0.289. The summed E-state index contributed by atoms with van der Waals surface area (Å²) in [5.74, 6) is 1.20. The average molecular weight is 524 g/mol. The molecule has 0 atom stereocenters. The van der Waals surface area contributed by atoms with Crippen molar-refractivity contribution in [1.82, 2.24) is 9.97 Å². The highest BCUT2D eigenvalue weighted by Crippen LogP contribution is 2.32. The number of hydrogen-bond donors (Lipinski definition) is 1. The molecule has 0 bridgehead atoms. The molecule has 0 radical (unpaired) electrons. The van der Waals surface area contributed by atoms with Crippen molar-refractivity contribution in [2.24, 2.45) is 5.92 Å².